The summed E-state index contributed by atoms with van der Waals surface area (Å²) >= 11 is 0. The molecule has 1 aliphatic heterocycles. The van der Waals surface area contributed by atoms with Crippen molar-refractivity contribution in [2.24, 2.45) is 0 Å². The number of aliphatic hydroxyl groups excluding tert-OH is 2. The summed E-state index contributed by atoms with van der Waals surface area (Å²) in [6.45, 7) is 4.85. The van der Waals surface area contributed by atoms with Crippen molar-refractivity contribution >= 4 is 0 Å². The molecular weight excluding hydrogens is 234 g/mol. The number of hydrogen-bond acceptors (Lipinski definition) is 5. The van der Waals surface area contributed by atoms with Gasteiger partial charge in [-0.3, -0.25) is 0 Å². The van der Waals surface area contributed by atoms with Crippen LogP contribution in [-0.4, -0.2) is 41.9 Å². The van der Waals surface area contributed by atoms with E-state index in [1.807, 2.05) is 19.9 Å². The maximum atomic E-state index is 9.53. The Bertz CT molecular complexity index is 224. The predicted molar refractivity (Wildman–Crippen MR) is 67.8 cm³/mol. The predicted octanol–water partition coefficient (Wildman–Crippen LogP) is 1.58. The van der Waals surface area contributed by atoms with Gasteiger partial charge >= 0.3 is 0 Å². The summed E-state index contributed by atoms with van der Waals surface area (Å²) in [6, 6.07) is 1.85. The highest BCUT2D eigenvalue weighted by Crippen LogP contribution is 2.14. The maximum Gasteiger partial charge on any atom is 0.157 e. The van der Waals surface area contributed by atoms with Crippen molar-refractivity contribution in [2.45, 2.75) is 64.4 Å². The van der Waals surface area contributed by atoms with E-state index < -0.39 is 12.2 Å². The van der Waals surface area contributed by atoms with Crippen LogP contribution in [-0.2, 0) is 9.47 Å². The summed E-state index contributed by atoms with van der Waals surface area (Å²) < 4.78 is 10.7. The lowest BCUT2D eigenvalue weighted by Crippen LogP contribution is -2.28. The first-order valence-electron chi connectivity index (χ1n) is 6.68. The van der Waals surface area contributed by atoms with E-state index in [2.05, 4.69) is 0 Å². The normalized spacial score (nSPS) is 22.3. The fourth-order valence-corrected chi connectivity index (χ4v) is 1.63. The van der Waals surface area contributed by atoms with E-state index in [1.54, 1.807) is 0 Å². The molecule has 1 rings (SSSR count). The highest BCUT2D eigenvalue weighted by atomic mass is 16.7. The topological polar surface area (TPSA) is 82.7 Å². The minimum atomic E-state index is -0.782. The van der Waals surface area contributed by atoms with E-state index in [4.69, 9.17) is 14.7 Å². The second-order valence-corrected chi connectivity index (χ2v) is 4.04. The zero-order valence-electron chi connectivity index (χ0n) is 11.3. The van der Waals surface area contributed by atoms with Crippen LogP contribution in [0.2, 0.25) is 0 Å². The van der Waals surface area contributed by atoms with Crippen LogP contribution in [0.4, 0.5) is 0 Å². The van der Waals surface area contributed by atoms with Crippen LogP contribution in [0.5, 0.6) is 0 Å². The lowest BCUT2D eigenvalue weighted by atomic mass is 10.1. The monoisotopic (exact) mass is 259 g/mol. The summed E-state index contributed by atoms with van der Waals surface area (Å²) in [5.41, 5.74) is 0. The lowest BCUT2D eigenvalue weighted by Gasteiger charge is -2.24. The third-order valence-corrected chi connectivity index (χ3v) is 2.48. The largest absolute Gasteiger partial charge is 0.392 e. The standard InChI is InChI=1S/C11H19NO4.C2H6/c12-5-4-9(13)7-10(14)8-16-11-3-1-2-6-15-11;1-2/h9-11,13-14H,1-4,6-8H2;1-2H3/t9-,10-,11?;/m0./s1. The molecule has 5 heteroatoms. The molecule has 0 amide bonds. The maximum absolute atomic E-state index is 9.53. The van der Waals surface area contributed by atoms with Gasteiger partial charge in [-0.25, -0.2) is 0 Å². The molecule has 0 spiro atoms. The zero-order chi connectivity index (χ0) is 13.8. The molecule has 5 nitrogen and oxygen atoms in total. The van der Waals surface area contributed by atoms with E-state index in [1.165, 1.54) is 0 Å². The number of hydrogen-bond donors (Lipinski definition) is 2. The van der Waals surface area contributed by atoms with E-state index in [-0.39, 0.29) is 25.7 Å². The van der Waals surface area contributed by atoms with Gasteiger partial charge in [0.1, 0.15) is 0 Å². The van der Waals surface area contributed by atoms with Gasteiger partial charge in [0.25, 0.3) is 0 Å². The average molecular weight is 259 g/mol. The van der Waals surface area contributed by atoms with Gasteiger partial charge in [0.15, 0.2) is 6.29 Å². The van der Waals surface area contributed by atoms with Gasteiger partial charge in [-0.05, 0) is 19.3 Å². The van der Waals surface area contributed by atoms with Crippen LogP contribution >= 0.6 is 0 Å². The molecule has 0 aromatic carbocycles. The third-order valence-electron chi connectivity index (χ3n) is 2.48. The van der Waals surface area contributed by atoms with Crippen molar-refractivity contribution in [3.05, 3.63) is 0 Å². The van der Waals surface area contributed by atoms with Crippen LogP contribution in [0.3, 0.4) is 0 Å². The first kappa shape index (κ1) is 17.3. The van der Waals surface area contributed by atoms with Crippen LogP contribution in [0.1, 0.15) is 46.0 Å². The molecule has 0 saturated carbocycles. The summed E-state index contributed by atoms with van der Waals surface area (Å²) in [5.74, 6) is 0. The number of nitriles is 1. The quantitative estimate of drug-likeness (QED) is 0.756. The Morgan fingerprint density at radius 2 is 2.06 bits per heavy atom. The molecule has 3 atom stereocenters. The Morgan fingerprint density at radius 3 is 2.61 bits per heavy atom. The van der Waals surface area contributed by atoms with Crippen molar-refractivity contribution < 1.29 is 19.7 Å². The Labute approximate surface area is 109 Å². The minimum absolute atomic E-state index is 0.0387. The molecule has 1 saturated heterocycles. The van der Waals surface area contributed by atoms with Gasteiger partial charge in [0, 0.05) is 13.0 Å². The smallest absolute Gasteiger partial charge is 0.157 e. The lowest BCUT2D eigenvalue weighted by molar-refractivity contribution is -0.177. The Kier molecular flexibility index (Phi) is 11.0. The molecule has 1 heterocycles. The third kappa shape index (κ3) is 8.43. The fraction of sp³-hybridized carbons (Fsp3) is 0.923. The molecule has 1 aliphatic rings. The van der Waals surface area contributed by atoms with Crippen LogP contribution in [0.15, 0.2) is 0 Å². The Balaban J connectivity index is 0.00000137. The van der Waals surface area contributed by atoms with Gasteiger partial charge in [-0.15, -0.1) is 0 Å². The van der Waals surface area contributed by atoms with Crippen molar-refractivity contribution in [1.82, 2.24) is 0 Å². The van der Waals surface area contributed by atoms with Gasteiger partial charge in [-0.2, -0.15) is 5.26 Å². The van der Waals surface area contributed by atoms with Gasteiger partial charge in [0.2, 0.25) is 0 Å². The fourth-order valence-electron chi connectivity index (χ4n) is 1.63. The molecule has 1 unspecified atom stereocenters. The van der Waals surface area contributed by atoms with Crippen LogP contribution in [0.25, 0.3) is 0 Å². The molecule has 2 N–H and O–H groups in total. The summed E-state index contributed by atoms with van der Waals surface area (Å²) in [5, 5.41) is 27.2. The van der Waals surface area contributed by atoms with Gasteiger partial charge < -0.3 is 19.7 Å². The summed E-state index contributed by atoms with van der Waals surface area (Å²) in [7, 11) is 0. The highest BCUT2D eigenvalue weighted by molar-refractivity contribution is 4.76. The highest BCUT2D eigenvalue weighted by Gasteiger charge is 2.17. The summed E-state index contributed by atoms with van der Waals surface area (Å²) in [6.07, 6.45) is 1.45. The molecule has 1 fully saturated rings. The number of aliphatic hydroxyl groups is 2. The number of rotatable bonds is 6. The molecule has 0 aromatic heterocycles. The molecule has 106 valence electrons. The second kappa shape index (κ2) is 11.4. The Hall–Kier alpha value is -0.670. The van der Waals surface area contributed by atoms with Crippen LogP contribution < -0.4 is 0 Å². The van der Waals surface area contributed by atoms with Gasteiger partial charge in [0.05, 0.1) is 31.3 Å². The minimum Gasteiger partial charge on any atom is -0.392 e. The average Bonchev–Trinajstić information content (AvgIpc) is 2.40. The van der Waals surface area contributed by atoms with Crippen molar-refractivity contribution in [3.8, 4) is 6.07 Å². The Morgan fingerprint density at radius 1 is 1.33 bits per heavy atom. The molecular formula is C13H25NO4. The van der Waals surface area contributed by atoms with E-state index in [0.717, 1.165) is 19.3 Å². The molecule has 0 aliphatic carbocycles. The number of ether oxygens (including phenoxy) is 2. The van der Waals surface area contributed by atoms with Gasteiger partial charge in [-0.1, -0.05) is 13.8 Å². The zero-order valence-corrected chi connectivity index (χ0v) is 11.3. The van der Waals surface area contributed by atoms with E-state index >= 15 is 0 Å². The van der Waals surface area contributed by atoms with E-state index in [0.29, 0.717) is 6.61 Å². The first-order chi connectivity index (χ1) is 8.72. The van der Waals surface area contributed by atoms with Crippen molar-refractivity contribution in [1.29, 1.82) is 5.26 Å². The molecule has 0 radical (unpaired) electrons. The molecule has 0 aromatic rings. The SMILES string of the molecule is CC.N#CC[C@H](O)C[C@H](O)COC1CCCCO1. The van der Waals surface area contributed by atoms with Crippen LogP contribution in [0, 0.1) is 11.3 Å². The molecule has 0 bridgehead atoms. The van der Waals surface area contributed by atoms with Crippen molar-refractivity contribution in [3.63, 3.8) is 0 Å². The second-order valence-electron chi connectivity index (χ2n) is 4.04. The molecule has 18 heavy (non-hydrogen) atoms. The van der Waals surface area contributed by atoms with E-state index in [9.17, 15) is 10.2 Å². The summed E-state index contributed by atoms with van der Waals surface area (Å²) in [4.78, 5) is 0. The first-order valence-corrected chi connectivity index (χ1v) is 6.68. The number of nitrogens with zero attached hydrogens (tertiary/aromatic N) is 1. The van der Waals surface area contributed by atoms with Crippen molar-refractivity contribution in [2.75, 3.05) is 13.2 Å².